The number of hydrogen-bond donors (Lipinski definition) is 2. The highest BCUT2D eigenvalue weighted by Gasteiger charge is 2.37. The zero-order chi connectivity index (χ0) is 23.5. The lowest BCUT2D eigenvalue weighted by molar-refractivity contribution is -0.00438. The third kappa shape index (κ3) is 5.83. The van der Waals surface area contributed by atoms with Crippen LogP contribution in [0.5, 0.6) is 0 Å². The Morgan fingerprint density at radius 1 is 1.03 bits per heavy atom. The Hall–Kier alpha value is -2.23. The molecule has 1 fully saturated rings. The summed E-state index contributed by atoms with van der Waals surface area (Å²) < 4.78 is 27.9. The summed E-state index contributed by atoms with van der Waals surface area (Å²) in [6.45, 7) is 0.775. The molecule has 0 radical (unpaired) electrons. The third-order valence-electron chi connectivity index (χ3n) is 5.79. The van der Waals surface area contributed by atoms with Crippen LogP contribution in [0.4, 0.5) is 0 Å². The number of piperidine rings is 1. The molecule has 0 bridgehead atoms. The second kappa shape index (κ2) is 9.95. The number of nitrogens with one attached hydrogen (secondary N) is 1. The first-order valence-corrected chi connectivity index (χ1v) is 13.3. The van der Waals surface area contributed by atoms with Gasteiger partial charge in [-0.2, -0.15) is 4.31 Å². The van der Waals surface area contributed by atoms with Gasteiger partial charge < -0.3 is 10.4 Å². The van der Waals surface area contributed by atoms with Gasteiger partial charge in [0.05, 0.1) is 12.1 Å². The van der Waals surface area contributed by atoms with E-state index in [4.69, 9.17) is 11.6 Å². The Morgan fingerprint density at radius 3 is 2.36 bits per heavy atom. The maximum Gasteiger partial charge on any atom is 0.252 e. The molecule has 6 nitrogen and oxygen atoms in total. The number of carbonyl (C=O) groups is 1. The van der Waals surface area contributed by atoms with Gasteiger partial charge in [0, 0.05) is 35.0 Å². The number of sulfonamides is 1. The molecule has 174 valence electrons. The lowest BCUT2D eigenvalue weighted by Gasteiger charge is -2.37. The first-order chi connectivity index (χ1) is 15.7. The smallest absolute Gasteiger partial charge is 0.252 e. The molecule has 0 saturated carbocycles. The monoisotopic (exact) mass is 504 g/mol. The number of nitrogens with zero attached hydrogens (tertiary/aromatic N) is 1. The molecule has 0 aliphatic carbocycles. The van der Waals surface area contributed by atoms with Crippen molar-refractivity contribution in [2.45, 2.75) is 35.6 Å². The molecule has 1 aromatic heterocycles. The van der Waals surface area contributed by atoms with Crippen molar-refractivity contribution < 1.29 is 18.3 Å². The quantitative estimate of drug-likeness (QED) is 0.507. The summed E-state index contributed by atoms with van der Waals surface area (Å²) in [6, 6.07) is 19.6. The van der Waals surface area contributed by atoms with E-state index in [1.807, 2.05) is 30.3 Å². The Kier molecular flexibility index (Phi) is 7.21. The van der Waals surface area contributed by atoms with Gasteiger partial charge in [0.15, 0.2) is 0 Å². The van der Waals surface area contributed by atoms with Gasteiger partial charge in [0.25, 0.3) is 15.9 Å². The molecule has 3 aromatic rings. The second-order valence-electron chi connectivity index (χ2n) is 8.20. The van der Waals surface area contributed by atoms with Crippen LogP contribution in [0.25, 0.3) is 0 Å². The summed E-state index contributed by atoms with van der Waals surface area (Å²) in [5.41, 5.74) is 0.625. The van der Waals surface area contributed by atoms with Gasteiger partial charge in [-0.05, 0) is 54.8 Å². The summed E-state index contributed by atoms with van der Waals surface area (Å²) in [6.07, 6.45) is 1.28. The van der Waals surface area contributed by atoms with Crippen LogP contribution < -0.4 is 5.32 Å². The largest absolute Gasteiger partial charge is 0.389 e. The number of halogens is 1. The van der Waals surface area contributed by atoms with Crippen LogP contribution in [0.1, 0.15) is 33.6 Å². The summed E-state index contributed by atoms with van der Waals surface area (Å²) >= 11 is 6.99. The van der Waals surface area contributed by atoms with Gasteiger partial charge in [-0.15, -0.1) is 11.3 Å². The Morgan fingerprint density at radius 2 is 1.70 bits per heavy atom. The van der Waals surface area contributed by atoms with Gasteiger partial charge in [-0.25, -0.2) is 8.42 Å². The zero-order valence-corrected chi connectivity index (χ0v) is 20.3. The molecule has 2 N–H and O–H groups in total. The van der Waals surface area contributed by atoms with E-state index in [-0.39, 0.29) is 29.8 Å². The van der Waals surface area contributed by atoms with E-state index in [1.54, 1.807) is 36.4 Å². The zero-order valence-electron chi connectivity index (χ0n) is 17.9. The normalized spacial score (nSPS) is 16.4. The average Bonchev–Trinajstić information content (AvgIpc) is 3.29. The minimum Gasteiger partial charge on any atom is -0.389 e. The highest BCUT2D eigenvalue weighted by molar-refractivity contribution is 7.91. The molecule has 4 rings (SSSR count). The predicted molar refractivity (Wildman–Crippen MR) is 130 cm³/mol. The van der Waals surface area contributed by atoms with E-state index in [9.17, 15) is 18.3 Å². The van der Waals surface area contributed by atoms with Crippen LogP contribution in [0.2, 0.25) is 5.02 Å². The molecule has 33 heavy (non-hydrogen) atoms. The van der Waals surface area contributed by atoms with Crippen molar-refractivity contribution in [2.24, 2.45) is 0 Å². The molecule has 9 heteroatoms. The van der Waals surface area contributed by atoms with E-state index in [0.717, 1.165) is 21.8 Å². The van der Waals surface area contributed by atoms with E-state index in [0.29, 0.717) is 29.8 Å². The molecule has 0 spiro atoms. The molecule has 1 amide bonds. The Bertz CT molecular complexity index is 1200. The molecule has 1 aliphatic rings. The lowest BCUT2D eigenvalue weighted by atomic mass is 9.86. The molecule has 1 aliphatic heterocycles. The third-order valence-corrected chi connectivity index (χ3v) is 9.49. The van der Waals surface area contributed by atoms with Gasteiger partial charge in [-0.3, -0.25) is 4.79 Å². The summed E-state index contributed by atoms with van der Waals surface area (Å²) in [4.78, 5) is 13.0. The van der Waals surface area contributed by atoms with Crippen LogP contribution in [-0.2, 0) is 23.0 Å². The van der Waals surface area contributed by atoms with Crippen molar-refractivity contribution in [3.63, 3.8) is 0 Å². The second-order valence-corrected chi connectivity index (χ2v) is 12.0. The molecule has 0 atom stereocenters. The Labute approximate surface area is 202 Å². The summed E-state index contributed by atoms with van der Waals surface area (Å²) in [5, 5.41) is 14.3. The van der Waals surface area contributed by atoms with Crippen LogP contribution in [-0.4, -0.2) is 42.4 Å². The minimum atomic E-state index is -3.65. The minimum absolute atomic E-state index is 0.235. The van der Waals surface area contributed by atoms with Crippen molar-refractivity contribution in [3.8, 4) is 0 Å². The standard InChI is InChI=1S/C24H25ClN2O4S2/c25-20-8-6-19(7-9-20)23(28)26-17-21-10-11-22(32-21)33(30,31)27-14-12-24(29,13-15-27)16-18-4-2-1-3-5-18/h1-11,29H,12-17H2,(H,26,28). The van der Waals surface area contributed by atoms with Crippen LogP contribution in [0.3, 0.4) is 0 Å². The van der Waals surface area contributed by atoms with Crippen molar-refractivity contribution in [1.29, 1.82) is 0 Å². The summed E-state index contributed by atoms with van der Waals surface area (Å²) in [7, 11) is -3.65. The average molecular weight is 505 g/mol. The number of thiophene rings is 1. The SMILES string of the molecule is O=C(NCc1ccc(S(=O)(=O)N2CCC(O)(Cc3ccccc3)CC2)s1)c1ccc(Cl)cc1. The van der Waals surface area contributed by atoms with E-state index in [1.165, 1.54) is 4.31 Å². The fourth-order valence-electron chi connectivity index (χ4n) is 3.89. The summed E-state index contributed by atoms with van der Waals surface area (Å²) in [5.74, 6) is -0.252. The molecular formula is C24H25ClN2O4S2. The molecule has 1 saturated heterocycles. The van der Waals surface area contributed by atoms with Gasteiger partial charge in [-0.1, -0.05) is 41.9 Å². The Balaban J connectivity index is 1.34. The van der Waals surface area contributed by atoms with Crippen molar-refractivity contribution >= 4 is 38.9 Å². The highest BCUT2D eigenvalue weighted by atomic mass is 35.5. The fraction of sp³-hybridized carbons (Fsp3) is 0.292. The van der Waals surface area contributed by atoms with Gasteiger partial charge in [0.2, 0.25) is 0 Å². The van der Waals surface area contributed by atoms with Crippen molar-refractivity contribution in [1.82, 2.24) is 9.62 Å². The number of aliphatic hydroxyl groups is 1. The fourth-order valence-corrected chi connectivity index (χ4v) is 6.90. The van der Waals surface area contributed by atoms with Gasteiger partial charge in [0.1, 0.15) is 4.21 Å². The molecule has 0 unspecified atom stereocenters. The number of amides is 1. The van der Waals surface area contributed by atoms with Crippen LogP contribution >= 0.6 is 22.9 Å². The number of rotatable bonds is 7. The van der Waals surface area contributed by atoms with Crippen molar-refractivity contribution in [2.75, 3.05) is 13.1 Å². The first-order valence-electron chi connectivity index (χ1n) is 10.6. The topological polar surface area (TPSA) is 86.7 Å². The number of hydrogen-bond acceptors (Lipinski definition) is 5. The van der Waals surface area contributed by atoms with Gasteiger partial charge >= 0.3 is 0 Å². The predicted octanol–water partition coefficient (Wildman–Crippen LogP) is 4.09. The highest BCUT2D eigenvalue weighted by Crippen LogP contribution is 2.31. The molecule has 2 aromatic carbocycles. The molecular weight excluding hydrogens is 480 g/mol. The van der Waals surface area contributed by atoms with Crippen molar-refractivity contribution in [3.05, 3.63) is 87.8 Å². The van der Waals surface area contributed by atoms with E-state index >= 15 is 0 Å². The van der Waals surface area contributed by atoms with Crippen LogP contribution in [0.15, 0.2) is 70.9 Å². The number of carbonyl (C=O) groups excluding carboxylic acids is 1. The maximum atomic E-state index is 13.1. The maximum absolute atomic E-state index is 13.1. The van der Waals surface area contributed by atoms with E-state index < -0.39 is 15.6 Å². The first kappa shape index (κ1) is 23.9. The van der Waals surface area contributed by atoms with E-state index in [2.05, 4.69) is 5.32 Å². The number of benzene rings is 2. The van der Waals surface area contributed by atoms with Crippen LogP contribution in [0, 0.1) is 0 Å². The molecule has 2 heterocycles. The lowest BCUT2D eigenvalue weighted by Crippen LogP contribution is -2.47.